The van der Waals surface area contributed by atoms with E-state index in [0.717, 1.165) is 0 Å². The van der Waals surface area contributed by atoms with Crippen molar-refractivity contribution in [3.8, 4) is 0 Å². The maximum Gasteiger partial charge on any atom is 0.417 e. The first-order chi connectivity index (χ1) is 11.8. The quantitative estimate of drug-likeness (QED) is 0.872. The summed E-state index contributed by atoms with van der Waals surface area (Å²) < 4.78 is 32.1. The van der Waals surface area contributed by atoms with E-state index in [0.29, 0.717) is 31.6 Å². The minimum Gasteiger partial charge on any atom is -0.408 e. The number of nitrogens with one attached hydrogen (secondary N) is 1. The first-order valence-electron chi connectivity index (χ1n) is 8.21. The van der Waals surface area contributed by atoms with Crippen molar-refractivity contribution >= 4 is 27.0 Å². The molecule has 9 heteroatoms. The molecule has 0 radical (unpaired) electrons. The number of carbonyl (C=O) groups is 1. The minimum absolute atomic E-state index is 0.0368. The summed E-state index contributed by atoms with van der Waals surface area (Å²) in [5, 5.41) is 0. The Morgan fingerprint density at radius 1 is 1.20 bits per heavy atom. The number of nitrogens with zero attached hydrogens (tertiary/aromatic N) is 2. The summed E-state index contributed by atoms with van der Waals surface area (Å²) in [5.74, 6) is -0.695. The van der Waals surface area contributed by atoms with E-state index < -0.39 is 15.8 Å². The Labute approximate surface area is 145 Å². The van der Waals surface area contributed by atoms with Gasteiger partial charge in [-0.05, 0) is 18.6 Å². The lowest BCUT2D eigenvalue weighted by Gasteiger charge is -2.23. The summed E-state index contributed by atoms with van der Waals surface area (Å²) in [4.78, 5) is 27.6. The van der Waals surface area contributed by atoms with Crippen molar-refractivity contribution in [3.05, 3.63) is 28.7 Å². The number of aromatic amines is 1. The molecule has 2 aromatic rings. The third kappa shape index (κ3) is 3.47. The van der Waals surface area contributed by atoms with Gasteiger partial charge in [0.2, 0.25) is 15.9 Å². The highest BCUT2D eigenvalue weighted by atomic mass is 32.2. The van der Waals surface area contributed by atoms with Crippen molar-refractivity contribution in [2.75, 3.05) is 26.2 Å². The molecular weight excluding hydrogens is 346 g/mol. The molecule has 1 aliphatic heterocycles. The second-order valence-electron chi connectivity index (χ2n) is 6.41. The van der Waals surface area contributed by atoms with Crippen LogP contribution in [-0.4, -0.2) is 54.7 Å². The fourth-order valence-electron chi connectivity index (χ4n) is 2.95. The first-order valence-corrected chi connectivity index (χ1v) is 9.65. The third-order valence-corrected chi connectivity index (χ3v) is 6.19. The molecule has 1 aromatic carbocycles. The van der Waals surface area contributed by atoms with Crippen molar-refractivity contribution in [3.63, 3.8) is 0 Å². The Bertz CT molecular complexity index is 944. The number of sulfonamides is 1. The van der Waals surface area contributed by atoms with Crippen LogP contribution >= 0.6 is 0 Å². The van der Waals surface area contributed by atoms with Crippen LogP contribution in [0.25, 0.3) is 11.1 Å². The van der Waals surface area contributed by atoms with Crippen molar-refractivity contribution in [2.24, 2.45) is 5.92 Å². The van der Waals surface area contributed by atoms with Gasteiger partial charge in [-0.25, -0.2) is 13.2 Å². The molecule has 1 amide bonds. The van der Waals surface area contributed by atoms with Gasteiger partial charge in [-0.1, -0.05) is 13.8 Å². The van der Waals surface area contributed by atoms with Crippen LogP contribution in [0.15, 0.2) is 32.3 Å². The number of carbonyl (C=O) groups excluding carboxylic acids is 1. The van der Waals surface area contributed by atoms with Gasteiger partial charge >= 0.3 is 5.76 Å². The number of hydrogen-bond acceptors (Lipinski definition) is 5. The van der Waals surface area contributed by atoms with Crippen LogP contribution < -0.4 is 5.76 Å². The van der Waals surface area contributed by atoms with Crippen LogP contribution in [0, 0.1) is 5.92 Å². The molecule has 0 bridgehead atoms. The molecule has 25 heavy (non-hydrogen) atoms. The average Bonchev–Trinajstić information content (AvgIpc) is 2.77. The first kappa shape index (κ1) is 17.7. The van der Waals surface area contributed by atoms with Gasteiger partial charge in [0, 0.05) is 38.2 Å². The number of oxazole rings is 1. The standard InChI is InChI=1S/C16H21N3O5S/c1-11(2)15(20)18-6-3-7-19(9-8-18)25(22,23)12-4-5-13-14(10-12)24-16(21)17-13/h4-5,10-11H,3,6-9H2,1-2H3,(H,17,21). The van der Waals surface area contributed by atoms with Gasteiger partial charge in [-0.2, -0.15) is 4.31 Å². The van der Waals surface area contributed by atoms with Crippen molar-refractivity contribution in [2.45, 2.75) is 25.2 Å². The predicted molar refractivity (Wildman–Crippen MR) is 91.6 cm³/mol. The largest absolute Gasteiger partial charge is 0.417 e. The van der Waals surface area contributed by atoms with Gasteiger partial charge in [-0.3, -0.25) is 9.78 Å². The van der Waals surface area contributed by atoms with Crippen molar-refractivity contribution in [1.82, 2.24) is 14.2 Å². The Morgan fingerprint density at radius 2 is 1.96 bits per heavy atom. The lowest BCUT2D eigenvalue weighted by molar-refractivity contribution is -0.134. The van der Waals surface area contributed by atoms with Crippen LogP contribution in [0.1, 0.15) is 20.3 Å². The topological polar surface area (TPSA) is 104 Å². The molecule has 8 nitrogen and oxygen atoms in total. The summed E-state index contributed by atoms with van der Waals surface area (Å²) in [5.41, 5.74) is 0.658. The molecule has 1 saturated heterocycles. The highest BCUT2D eigenvalue weighted by Crippen LogP contribution is 2.22. The van der Waals surface area contributed by atoms with E-state index in [-0.39, 0.29) is 28.8 Å². The molecule has 0 atom stereocenters. The molecule has 0 spiro atoms. The summed E-state index contributed by atoms with van der Waals surface area (Å²) in [6.07, 6.45) is 0.583. The molecule has 1 aromatic heterocycles. The summed E-state index contributed by atoms with van der Waals surface area (Å²) in [6, 6.07) is 4.31. The molecule has 0 saturated carbocycles. The van der Waals surface area contributed by atoms with E-state index in [9.17, 15) is 18.0 Å². The van der Waals surface area contributed by atoms with E-state index in [1.165, 1.54) is 22.5 Å². The van der Waals surface area contributed by atoms with Crippen molar-refractivity contribution in [1.29, 1.82) is 0 Å². The number of benzene rings is 1. The fourth-order valence-corrected chi connectivity index (χ4v) is 4.44. The fraction of sp³-hybridized carbons (Fsp3) is 0.500. The number of rotatable bonds is 3. The summed E-state index contributed by atoms with van der Waals surface area (Å²) in [7, 11) is -3.72. The van der Waals surface area contributed by atoms with Crippen LogP contribution in [0.5, 0.6) is 0 Å². The normalized spacial score (nSPS) is 17.2. The Balaban J connectivity index is 1.83. The zero-order valence-electron chi connectivity index (χ0n) is 14.2. The lowest BCUT2D eigenvalue weighted by Crippen LogP contribution is -2.38. The Hall–Kier alpha value is -2.13. The summed E-state index contributed by atoms with van der Waals surface area (Å²) in [6.45, 7) is 5.19. The number of fused-ring (bicyclic) bond motifs is 1. The van der Waals surface area contributed by atoms with Crippen LogP contribution in [0.2, 0.25) is 0 Å². The highest BCUT2D eigenvalue weighted by molar-refractivity contribution is 7.89. The molecule has 3 rings (SSSR count). The van der Waals surface area contributed by atoms with Crippen molar-refractivity contribution < 1.29 is 17.6 Å². The van der Waals surface area contributed by atoms with E-state index in [1.807, 2.05) is 13.8 Å². The van der Waals surface area contributed by atoms with Crippen LogP contribution in [0.3, 0.4) is 0 Å². The van der Waals surface area contributed by atoms with Gasteiger partial charge in [-0.15, -0.1) is 0 Å². The van der Waals surface area contributed by atoms with E-state index >= 15 is 0 Å². The monoisotopic (exact) mass is 367 g/mol. The molecule has 0 aliphatic carbocycles. The molecule has 2 heterocycles. The third-order valence-electron chi connectivity index (χ3n) is 4.29. The highest BCUT2D eigenvalue weighted by Gasteiger charge is 2.29. The zero-order chi connectivity index (χ0) is 18.2. The van der Waals surface area contributed by atoms with Gasteiger partial charge < -0.3 is 9.32 Å². The van der Waals surface area contributed by atoms with E-state index in [1.54, 1.807) is 4.90 Å². The maximum atomic E-state index is 12.9. The second-order valence-corrected chi connectivity index (χ2v) is 8.35. The second kappa shape index (κ2) is 6.64. The number of amides is 1. The predicted octanol–water partition coefficient (Wildman–Crippen LogP) is 1.00. The smallest absolute Gasteiger partial charge is 0.408 e. The minimum atomic E-state index is -3.72. The van der Waals surface area contributed by atoms with Crippen LogP contribution in [-0.2, 0) is 14.8 Å². The molecule has 136 valence electrons. The van der Waals surface area contributed by atoms with Gasteiger partial charge in [0.1, 0.15) is 0 Å². The van der Waals surface area contributed by atoms with Gasteiger partial charge in [0.15, 0.2) is 5.58 Å². The maximum absolute atomic E-state index is 12.9. The van der Waals surface area contributed by atoms with Gasteiger partial charge in [0.05, 0.1) is 10.4 Å². The Kier molecular flexibility index (Phi) is 4.70. The molecule has 0 unspecified atom stereocenters. The Morgan fingerprint density at radius 3 is 2.68 bits per heavy atom. The lowest BCUT2D eigenvalue weighted by atomic mass is 10.2. The van der Waals surface area contributed by atoms with Gasteiger partial charge in [0.25, 0.3) is 0 Å². The average molecular weight is 367 g/mol. The number of hydrogen-bond donors (Lipinski definition) is 1. The molecule has 1 fully saturated rings. The number of H-pyrrole nitrogens is 1. The van der Waals surface area contributed by atoms with E-state index in [2.05, 4.69) is 4.98 Å². The molecule has 1 aliphatic rings. The van der Waals surface area contributed by atoms with Crippen LogP contribution in [0.4, 0.5) is 0 Å². The molecular formula is C16H21N3O5S. The number of aromatic nitrogens is 1. The molecule has 1 N–H and O–H groups in total. The zero-order valence-corrected chi connectivity index (χ0v) is 15.0. The van der Waals surface area contributed by atoms with E-state index in [4.69, 9.17) is 4.42 Å². The SMILES string of the molecule is CC(C)C(=O)N1CCCN(S(=O)(=O)c2ccc3[nH]c(=O)oc3c2)CC1. The summed E-state index contributed by atoms with van der Waals surface area (Å²) >= 11 is 0.